The highest BCUT2D eigenvalue weighted by molar-refractivity contribution is 4.92. The van der Waals surface area contributed by atoms with Crippen LogP contribution in [0.2, 0.25) is 0 Å². The van der Waals surface area contributed by atoms with Crippen molar-refractivity contribution >= 4 is 0 Å². The van der Waals surface area contributed by atoms with Crippen molar-refractivity contribution in [2.24, 2.45) is 5.41 Å². The van der Waals surface area contributed by atoms with Crippen LogP contribution in [0.3, 0.4) is 0 Å². The van der Waals surface area contributed by atoms with Crippen molar-refractivity contribution in [3.63, 3.8) is 0 Å². The van der Waals surface area contributed by atoms with E-state index < -0.39 is 0 Å². The van der Waals surface area contributed by atoms with Crippen LogP contribution in [-0.4, -0.2) is 38.0 Å². The van der Waals surface area contributed by atoms with Gasteiger partial charge >= 0.3 is 0 Å². The summed E-state index contributed by atoms with van der Waals surface area (Å²) >= 11 is 0. The maximum Gasteiger partial charge on any atom is 0.0741 e. The normalized spacial score (nSPS) is 26.1. The maximum atomic E-state index is 6.13. The lowest BCUT2D eigenvalue weighted by Crippen LogP contribution is -2.51. The Hall–Kier alpha value is -0.120. The molecule has 124 valence electrons. The molecule has 0 aliphatic carbocycles. The van der Waals surface area contributed by atoms with Gasteiger partial charge in [0.05, 0.1) is 5.60 Å². The molecule has 3 nitrogen and oxygen atoms in total. The van der Waals surface area contributed by atoms with Crippen LogP contribution >= 0.6 is 0 Å². The molecule has 0 radical (unpaired) electrons. The van der Waals surface area contributed by atoms with Crippen LogP contribution in [0, 0.1) is 5.41 Å². The first-order chi connectivity index (χ1) is 10.1. The third kappa shape index (κ3) is 5.54. The Morgan fingerprint density at radius 2 is 1.90 bits per heavy atom. The highest BCUT2D eigenvalue weighted by Crippen LogP contribution is 2.34. The van der Waals surface area contributed by atoms with E-state index in [1.54, 1.807) is 0 Å². The Morgan fingerprint density at radius 3 is 2.62 bits per heavy atom. The van der Waals surface area contributed by atoms with Crippen LogP contribution in [-0.2, 0) is 9.47 Å². The zero-order chi connectivity index (χ0) is 15.2. The molecule has 0 amide bonds. The summed E-state index contributed by atoms with van der Waals surface area (Å²) in [6.45, 7) is 10.9. The Bertz CT molecular complexity index is 292. The van der Waals surface area contributed by atoms with E-state index in [1.165, 1.54) is 32.1 Å². The van der Waals surface area contributed by atoms with Gasteiger partial charge in [-0.15, -0.1) is 0 Å². The first kappa shape index (κ1) is 17.2. The predicted molar refractivity (Wildman–Crippen MR) is 87.7 cm³/mol. The number of nitrogens with one attached hydrogen (secondary N) is 1. The molecule has 1 unspecified atom stereocenters. The smallest absolute Gasteiger partial charge is 0.0741 e. The van der Waals surface area contributed by atoms with Gasteiger partial charge in [0.15, 0.2) is 0 Å². The first-order valence-electron chi connectivity index (χ1n) is 9.00. The molecule has 1 atom stereocenters. The molecular formula is C18H35NO2. The van der Waals surface area contributed by atoms with Crippen molar-refractivity contribution in [1.82, 2.24) is 5.32 Å². The number of ether oxygens (including phenoxy) is 2. The van der Waals surface area contributed by atoms with E-state index in [0.717, 1.165) is 45.6 Å². The molecule has 1 N–H and O–H groups in total. The molecule has 0 aromatic carbocycles. The monoisotopic (exact) mass is 297 g/mol. The fourth-order valence-corrected chi connectivity index (χ4v) is 3.66. The quantitative estimate of drug-likeness (QED) is 0.723. The van der Waals surface area contributed by atoms with Crippen LogP contribution in [0.5, 0.6) is 0 Å². The number of hydrogen-bond donors (Lipinski definition) is 1. The summed E-state index contributed by atoms with van der Waals surface area (Å²) in [5.41, 5.74) is 0.525. The highest BCUT2D eigenvalue weighted by Gasteiger charge is 2.39. The molecule has 2 heterocycles. The number of hydrogen-bond acceptors (Lipinski definition) is 3. The van der Waals surface area contributed by atoms with Gasteiger partial charge in [-0.3, -0.25) is 0 Å². The van der Waals surface area contributed by atoms with E-state index >= 15 is 0 Å². The Kier molecular flexibility index (Phi) is 6.51. The van der Waals surface area contributed by atoms with Crippen LogP contribution < -0.4 is 5.32 Å². The standard InChI is InChI=1S/C18H35NO2/c1-4-5-6-8-17(2,3)15-19-16-7-11-21-18(14-16)9-12-20-13-10-18/h16,19H,4-15H2,1-3H3. The van der Waals surface area contributed by atoms with Gasteiger partial charge in [0.2, 0.25) is 0 Å². The average molecular weight is 297 g/mol. The van der Waals surface area contributed by atoms with Gasteiger partial charge in [0.25, 0.3) is 0 Å². The summed E-state index contributed by atoms with van der Waals surface area (Å²) in [7, 11) is 0. The highest BCUT2D eigenvalue weighted by atomic mass is 16.5. The molecule has 2 fully saturated rings. The van der Waals surface area contributed by atoms with Crippen LogP contribution in [0.15, 0.2) is 0 Å². The fraction of sp³-hybridized carbons (Fsp3) is 1.00. The summed E-state index contributed by atoms with van der Waals surface area (Å²) in [4.78, 5) is 0. The molecule has 2 rings (SSSR count). The predicted octanol–water partition coefficient (Wildman–Crippen LogP) is 3.91. The average Bonchev–Trinajstić information content (AvgIpc) is 2.46. The van der Waals surface area contributed by atoms with Gasteiger partial charge in [0.1, 0.15) is 0 Å². The van der Waals surface area contributed by atoms with Crippen LogP contribution in [0.4, 0.5) is 0 Å². The zero-order valence-electron chi connectivity index (χ0n) is 14.4. The largest absolute Gasteiger partial charge is 0.381 e. The lowest BCUT2D eigenvalue weighted by Gasteiger charge is -2.44. The molecule has 2 saturated heterocycles. The topological polar surface area (TPSA) is 30.5 Å². The summed E-state index contributed by atoms with van der Waals surface area (Å²) < 4.78 is 11.6. The van der Waals surface area contributed by atoms with E-state index in [2.05, 4.69) is 26.1 Å². The third-order valence-corrected chi connectivity index (χ3v) is 5.22. The van der Waals surface area contributed by atoms with Crippen LogP contribution in [0.1, 0.15) is 72.1 Å². The van der Waals surface area contributed by atoms with E-state index in [0.29, 0.717) is 11.5 Å². The van der Waals surface area contributed by atoms with Gasteiger partial charge in [-0.25, -0.2) is 0 Å². The van der Waals surface area contributed by atoms with E-state index in [9.17, 15) is 0 Å². The lowest BCUT2D eigenvalue weighted by atomic mass is 9.82. The van der Waals surface area contributed by atoms with Crippen LogP contribution in [0.25, 0.3) is 0 Å². The lowest BCUT2D eigenvalue weighted by molar-refractivity contribution is -0.140. The second-order valence-electron chi connectivity index (χ2n) is 7.84. The van der Waals surface area contributed by atoms with Crippen molar-refractivity contribution in [3.05, 3.63) is 0 Å². The first-order valence-corrected chi connectivity index (χ1v) is 9.00. The molecule has 0 saturated carbocycles. The molecule has 2 aliphatic rings. The second-order valence-corrected chi connectivity index (χ2v) is 7.84. The van der Waals surface area contributed by atoms with Crippen molar-refractivity contribution in [2.45, 2.75) is 83.8 Å². The second kappa shape index (κ2) is 7.94. The Morgan fingerprint density at radius 1 is 1.14 bits per heavy atom. The van der Waals surface area contributed by atoms with Crippen molar-refractivity contribution in [2.75, 3.05) is 26.4 Å². The summed E-state index contributed by atoms with van der Waals surface area (Å²) in [5.74, 6) is 0. The van der Waals surface area contributed by atoms with E-state index in [4.69, 9.17) is 9.47 Å². The summed E-state index contributed by atoms with van der Waals surface area (Å²) in [6, 6.07) is 0.627. The SMILES string of the molecule is CCCCCC(C)(C)CNC1CCOC2(CCOCC2)C1. The van der Waals surface area contributed by atoms with Gasteiger partial charge in [-0.05, 0) is 37.5 Å². The molecule has 21 heavy (non-hydrogen) atoms. The third-order valence-electron chi connectivity index (χ3n) is 5.22. The van der Waals surface area contributed by atoms with Gasteiger partial charge in [-0.2, -0.15) is 0 Å². The van der Waals surface area contributed by atoms with Gasteiger partial charge < -0.3 is 14.8 Å². The summed E-state index contributed by atoms with van der Waals surface area (Å²) in [5, 5.41) is 3.84. The molecule has 2 aliphatic heterocycles. The van der Waals surface area contributed by atoms with Gasteiger partial charge in [0, 0.05) is 32.4 Å². The Balaban J connectivity index is 1.74. The minimum absolute atomic E-state index is 0.112. The number of rotatable bonds is 7. The minimum Gasteiger partial charge on any atom is -0.381 e. The molecule has 0 aromatic heterocycles. The Labute approximate surface area is 131 Å². The van der Waals surface area contributed by atoms with Crippen molar-refractivity contribution in [3.8, 4) is 0 Å². The molecular weight excluding hydrogens is 262 g/mol. The molecule has 0 aromatic rings. The van der Waals surface area contributed by atoms with Gasteiger partial charge in [-0.1, -0.05) is 40.0 Å². The maximum absolute atomic E-state index is 6.13. The molecule has 0 bridgehead atoms. The summed E-state index contributed by atoms with van der Waals surface area (Å²) in [6.07, 6.45) is 9.85. The molecule has 3 heteroatoms. The van der Waals surface area contributed by atoms with E-state index in [1.807, 2.05) is 0 Å². The van der Waals surface area contributed by atoms with Crippen molar-refractivity contribution < 1.29 is 9.47 Å². The van der Waals surface area contributed by atoms with E-state index in [-0.39, 0.29) is 5.60 Å². The molecule has 1 spiro atoms. The number of unbranched alkanes of at least 4 members (excludes halogenated alkanes) is 2. The minimum atomic E-state index is 0.112. The van der Waals surface area contributed by atoms with Crippen molar-refractivity contribution in [1.29, 1.82) is 0 Å². The zero-order valence-corrected chi connectivity index (χ0v) is 14.4. The fourth-order valence-electron chi connectivity index (χ4n) is 3.66.